The smallest absolute Gasteiger partial charge is 0.252 e. The highest BCUT2D eigenvalue weighted by Crippen LogP contribution is 2.45. The van der Waals surface area contributed by atoms with Crippen LogP contribution in [0.5, 0.6) is 11.5 Å². The van der Waals surface area contributed by atoms with E-state index in [0.717, 1.165) is 35.0 Å². The minimum absolute atomic E-state index is 0.233. The normalized spacial score (nSPS) is 14.3. The van der Waals surface area contributed by atoms with Crippen LogP contribution in [0.3, 0.4) is 0 Å². The van der Waals surface area contributed by atoms with Crippen molar-refractivity contribution in [1.82, 2.24) is 15.3 Å². The van der Waals surface area contributed by atoms with E-state index in [1.807, 2.05) is 43.3 Å². The van der Waals surface area contributed by atoms with Crippen LogP contribution < -0.4 is 10.1 Å². The number of hydrogen-bond donors (Lipinski definition) is 1. The van der Waals surface area contributed by atoms with Gasteiger partial charge in [0.15, 0.2) is 0 Å². The van der Waals surface area contributed by atoms with Crippen molar-refractivity contribution in [1.29, 1.82) is 0 Å². The van der Waals surface area contributed by atoms with Gasteiger partial charge in [0.05, 0.1) is 22.9 Å². The first-order chi connectivity index (χ1) is 15.0. The van der Waals surface area contributed by atoms with Crippen LogP contribution in [0.1, 0.15) is 34.5 Å². The summed E-state index contributed by atoms with van der Waals surface area (Å²) in [6, 6.07) is 17.1. The molecule has 1 aliphatic carbocycles. The Morgan fingerprint density at radius 3 is 2.58 bits per heavy atom. The van der Waals surface area contributed by atoms with Gasteiger partial charge < -0.3 is 10.1 Å². The summed E-state index contributed by atoms with van der Waals surface area (Å²) in [5.41, 5.74) is 2.54. The summed E-state index contributed by atoms with van der Waals surface area (Å²) in [6.07, 6.45) is 5.04. The number of ether oxygens (including phenoxy) is 1. The van der Waals surface area contributed by atoms with Crippen LogP contribution in [-0.4, -0.2) is 15.9 Å². The van der Waals surface area contributed by atoms with Gasteiger partial charge in [-0.2, -0.15) is 0 Å². The molecule has 2 aromatic carbocycles. The zero-order valence-corrected chi connectivity index (χ0v) is 16.9. The summed E-state index contributed by atoms with van der Waals surface area (Å²) in [4.78, 5) is 21.6. The van der Waals surface area contributed by atoms with Crippen LogP contribution in [0.2, 0.25) is 0 Å². The number of amides is 1. The minimum Gasteiger partial charge on any atom is -0.455 e. The molecular weight excluding hydrogens is 393 g/mol. The van der Waals surface area contributed by atoms with Crippen molar-refractivity contribution in [2.45, 2.75) is 25.3 Å². The van der Waals surface area contributed by atoms with Crippen molar-refractivity contribution < 1.29 is 13.9 Å². The number of nitrogens with zero attached hydrogens (tertiary/aromatic N) is 2. The average Bonchev–Trinajstić information content (AvgIpc) is 3.56. The molecule has 0 bridgehead atoms. The van der Waals surface area contributed by atoms with Crippen LogP contribution in [0.4, 0.5) is 4.39 Å². The van der Waals surface area contributed by atoms with Gasteiger partial charge in [0.2, 0.25) is 0 Å². The summed E-state index contributed by atoms with van der Waals surface area (Å²) in [7, 11) is 0. The van der Waals surface area contributed by atoms with Gasteiger partial charge in [0, 0.05) is 17.1 Å². The van der Waals surface area contributed by atoms with Gasteiger partial charge in [-0.3, -0.25) is 14.8 Å². The molecule has 2 heterocycles. The molecule has 6 heteroatoms. The Labute approximate surface area is 178 Å². The molecule has 2 aromatic heterocycles. The van der Waals surface area contributed by atoms with E-state index >= 15 is 0 Å². The third-order valence-corrected chi connectivity index (χ3v) is 5.60. The van der Waals surface area contributed by atoms with Gasteiger partial charge >= 0.3 is 0 Å². The molecule has 0 radical (unpaired) electrons. The molecule has 154 valence electrons. The summed E-state index contributed by atoms with van der Waals surface area (Å²) < 4.78 is 19.2. The number of benzene rings is 2. The fourth-order valence-corrected chi connectivity index (χ4v) is 3.62. The van der Waals surface area contributed by atoms with Gasteiger partial charge in [-0.1, -0.05) is 6.07 Å². The van der Waals surface area contributed by atoms with Crippen LogP contribution in [-0.2, 0) is 5.54 Å². The van der Waals surface area contributed by atoms with E-state index in [0.29, 0.717) is 17.1 Å². The van der Waals surface area contributed by atoms with E-state index < -0.39 is 5.54 Å². The highest BCUT2D eigenvalue weighted by Gasteiger charge is 2.47. The number of aryl methyl sites for hydroxylation is 1. The maximum Gasteiger partial charge on any atom is 0.252 e. The van der Waals surface area contributed by atoms with Gasteiger partial charge in [-0.15, -0.1) is 0 Å². The minimum atomic E-state index is -0.490. The molecule has 1 saturated carbocycles. The first kappa shape index (κ1) is 19.2. The maximum atomic E-state index is 13.2. The fraction of sp³-hybridized carbons (Fsp3) is 0.160. The lowest BCUT2D eigenvalue weighted by Gasteiger charge is -2.18. The second-order valence-corrected chi connectivity index (χ2v) is 7.81. The van der Waals surface area contributed by atoms with E-state index in [1.54, 1.807) is 12.4 Å². The molecule has 0 spiro atoms. The average molecular weight is 413 g/mol. The van der Waals surface area contributed by atoms with Crippen molar-refractivity contribution in [2.24, 2.45) is 0 Å². The van der Waals surface area contributed by atoms with Crippen LogP contribution in [0.15, 0.2) is 73.1 Å². The standard InChI is InChI=1S/C25H20FN3O2/c1-16-11-14-27-15-22(16)31-21-4-2-3-20-19(21)9-10-23(28-20)25(12-13-25)29-24(30)17-5-7-18(26)8-6-17/h2-11,14-15H,12-13H2,1H3,(H,29,30). The van der Waals surface area contributed by atoms with E-state index in [-0.39, 0.29) is 11.7 Å². The summed E-state index contributed by atoms with van der Waals surface area (Å²) in [6.45, 7) is 1.97. The summed E-state index contributed by atoms with van der Waals surface area (Å²) in [5.74, 6) is 0.800. The van der Waals surface area contributed by atoms with E-state index in [9.17, 15) is 9.18 Å². The second-order valence-electron chi connectivity index (χ2n) is 7.81. The Kier molecular flexibility index (Phi) is 4.62. The molecule has 1 N–H and O–H groups in total. The number of rotatable bonds is 5. The Bertz CT molecular complexity index is 1280. The lowest BCUT2D eigenvalue weighted by molar-refractivity contribution is 0.0930. The third-order valence-electron chi connectivity index (χ3n) is 5.60. The lowest BCUT2D eigenvalue weighted by Crippen LogP contribution is -2.35. The Morgan fingerprint density at radius 1 is 1.03 bits per heavy atom. The van der Waals surface area contributed by atoms with Crippen LogP contribution in [0.25, 0.3) is 10.9 Å². The number of aromatic nitrogens is 2. The molecule has 1 aliphatic rings. The molecule has 4 aromatic rings. The summed E-state index contributed by atoms with van der Waals surface area (Å²) >= 11 is 0. The predicted octanol–water partition coefficient (Wildman–Crippen LogP) is 5.29. The number of halogens is 1. The number of hydrogen-bond acceptors (Lipinski definition) is 4. The Morgan fingerprint density at radius 2 is 1.84 bits per heavy atom. The van der Waals surface area contributed by atoms with E-state index in [1.165, 1.54) is 24.3 Å². The van der Waals surface area contributed by atoms with Crippen molar-refractivity contribution >= 4 is 16.8 Å². The Hall–Kier alpha value is -3.80. The van der Waals surface area contributed by atoms with E-state index in [4.69, 9.17) is 9.72 Å². The van der Waals surface area contributed by atoms with Gasteiger partial charge in [-0.05, 0) is 79.9 Å². The van der Waals surface area contributed by atoms with Gasteiger partial charge in [0.25, 0.3) is 5.91 Å². The quantitative estimate of drug-likeness (QED) is 0.483. The van der Waals surface area contributed by atoms with Gasteiger partial charge in [0.1, 0.15) is 17.3 Å². The molecule has 0 atom stereocenters. The summed E-state index contributed by atoms with van der Waals surface area (Å²) in [5, 5.41) is 3.97. The SMILES string of the molecule is Cc1ccncc1Oc1cccc2nc(C3(NC(=O)c4ccc(F)cc4)CC3)ccc12. The van der Waals surface area contributed by atoms with Crippen LogP contribution >= 0.6 is 0 Å². The molecule has 5 nitrogen and oxygen atoms in total. The molecule has 31 heavy (non-hydrogen) atoms. The predicted molar refractivity (Wildman–Crippen MR) is 116 cm³/mol. The first-order valence-corrected chi connectivity index (χ1v) is 10.1. The first-order valence-electron chi connectivity index (χ1n) is 10.1. The van der Waals surface area contributed by atoms with Crippen molar-refractivity contribution in [2.75, 3.05) is 0 Å². The number of fused-ring (bicyclic) bond motifs is 1. The molecule has 0 unspecified atom stereocenters. The zero-order chi connectivity index (χ0) is 21.4. The Balaban J connectivity index is 1.43. The molecule has 0 aliphatic heterocycles. The largest absolute Gasteiger partial charge is 0.455 e. The number of nitrogens with one attached hydrogen (secondary N) is 1. The molecule has 5 rings (SSSR count). The number of pyridine rings is 2. The fourth-order valence-electron chi connectivity index (χ4n) is 3.62. The van der Waals surface area contributed by atoms with Crippen molar-refractivity contribution in [3.63, 3.8) is 0 Å². The van der Waals surface area contributed by atoms with Crippen LogP contribution in [0, 0.1) is 12.7 Å². The second kappa shape index (κ2) is 7.47. The number of carbonyl (C=O) groups excluding carboxylic acids is 1. The lowest BCUT2D eigenvalue weighted by atomic mass is 10.1. The molecule has 1 fully saturated rings. The topological polar surface area (TPSA) is 64.1 Å². The molecule has 0 saturated heterocycles. The van der Waals surface area contributed by atoms with Crippen molar-refractivity contribution in [3.05, 3.63) is 95.7 Å². The van der Waals surface area contributed by atoms with Crippen molar-refractivity contribution in [3.8, 4) is 11.5 Å². The monoisotopic (exact) mass is 413 g/mol. The molecule has 1 amide bonds. The van der Waals surface area contributed by atoms with E-state index in [2.05, 4.69) is 10.3 Å². The van der Waals surface area contributed by atoms with Gasteiger partial charge in [-0.25, -0.2) is 4.39 Å². The number of carbonyl (C=O) groups is 1. The highest BCUT2D eigenvalue weighted by molar-refractivity contribution is 5.95. The molecular formula is C25H20FN3O2. The third kappa shape index (κ3) is 3.72. The maximum absolute atomic E-state index is 13.2. The highest BCUT2D eigenvalue weighted by atomic mass is 19.1. The zero-order valence-electron chi connectivity index (χ0n) is 16.9.